The minimum absolute atomic E-state index is 0.301. The molecule has 3 rings (SSSR count). The third kappa shape index (κ3) is 3.80. The van der Waals surface area contributed by atoms with Crippen molar-refractivity contribution in [2.24, 2.45) is 0 Å². The van der Waals surface area contributed by atoms with Gasteiger partial charge in [-0.1, -0.05) is 17.7 Å². The number of amides is 1. The van der Waals surface area contributed by atoms with Crippen LogP contribution in [0, 0.1) is 6.92 Å². The molecule has 1 unspecified atom stereocenters. The number of aromatic nitrogens is 3. The predicted octanol–water partition coefficient (Wildman–Crippen LogP) is 2.81. The van der Waals surface area contributed by atoms with Gasteiger partial charge in [-0.2, -0.15) is 5.10 Å². The van der Waals surface area contributed by atoms with Crippen molar-refractivity contribution >= 4 is 11.6 Å². The topological polar surface area (TPSA) is 76.9 Å². The van der Waals surface area contributed by atoms with Gasteiger partial charge in [-0.3, -0.25) is 14.6 Å². The molecule has 0 saturated carbocycles. The van der Waals surface area contributed by atoms with Crippen molar-refractivity contribution in [2.75, 3.05) is 5.32 Å². The second-order valence-electron chi connectivity index (χ2n) is 5.77. The van der Waals surface area contributed by atoms with Gasteiger partial charge in [0.15, 0.2) is 0 Å². The second-order valence-corrected chi connectivity index (χ2v) is 5.77. The van der Waals surface area contributed by atoms with Crippen LogP contribution >= 0.6 is 0 Å². The Hall–Kier alpha value is -3.28. The molecule has 126 valence electrons. The van der Waals surface area contributed by atoms with Gasteiger partial charge in [-0.05, 0) is 44.2 Å². The normalized spacial score (nSPS) is 11.8. The summed E-state index contributed by atoms with van der Waals surface area (Å²) in [5.74, 6) is -0.301. The molecule has 0 aliphatic carbocycles. The van der Waals surface area contributed by atoms with Gasteiger partial charge in [0.1, 0.15) is 6.04 Å². The lowest BCUT2D eigenvalue weighted by molar-refractivity contribution is -0.119. The lowest BCUT2D eigenvalue weighted by Crippen LogP contribution is -2.33. The Kier molecular flexibility index (Phi) is 4.70. The Morgan fingerprint density at radius 1 is 1.04 bits per heavy atom. The number of pyridine rings is 1. The predicted molar refractivity (Wildman–Crippen MR) is 96.2 cm³/mol. The van der Waals surface area contributed by atoms with E-state index in [1.165, 1.54) is 10.7 Å². The summed E-state index contributed by atoms with van der Waals surface area (Å²) < 4.78 is 1.19. The van der Waals surface area contributed by atoms with Crippen LogP contribution in [0.15, 0.2) is 65.7 Å². The molecule has 0 radical (unpaired) electrons. The molecule has 3 aromatic rings. The highest BCUT2D eigenvalue weighted by Gasteiger charge is 2.18. The summed E-state index contributed by atoms with van der Waals surface area (Å²) in [7, 11) is 0. The van der Waals surface area contributed by atoms with E-state index in [4.69, 9.17) is 0 Å². The number of benzene rings is 1. The molecule has 0 spiro atoms. The van der Waals surface area contributed by atoms with Gasteiger partial charge in [0.05, 0.1) is 5.69 Å². The largest absolute Gasteiger partial charge is 0.324 e. The van der Waals surface area contributed by atoms with Crippen molar-refractivity contribution in [3.05, 3.63) is 76.8 Å². The maximum atomic E-state index is 12.5. The number of hydrogen-bond donors (Lipinski definition) is 1. The molecule has 6 nitrogen and oxygen atoms in total. The van der Waals surface area contributed by atoms with Crippen molar-refractivity contribution in [1.29, 1.82) is 0 Å². The van der Waals surface area contributed by atoms with Crippen molar-refractivity contribution in [3.63, 3.8) is 0 Å². The Morgan fingerprint density at radius 3 is 2.40 bits per heavy atom. The summed E-state index contributed by atoms with van der Waals surface area (Å²) in [5.41, 5.74) is 2.89. The van der Waals surface area contributed by atoms with E-state index in [9.17, 15) is 9.59 Å². The van der Waals surface area contributed by atoms with Crippen LogP contribution in [0.25, 0.3) is 11.3 Å². The summed E-state index contributed by atoms with van der Waals surface area (Å²) in [6.45, 7) is 3.62. The van der Waals surface area contributed by atoms with Crippen molar-refractivity contribution < 1.29 is 4.79 Å². The SMILES string of the molecule is Cc1ccc(NC(=O)C(C)n2nc(-c3ccncc3)ccc2=O)cc1. The first-order valence-electron chi connectivity index (χ1n) is 7.92. The fourth-order valence-electron chi connectivity index (χ4n) is 2.37. The molecule has 25 heavy (non-hydrogen) atoms. The van der Waals surface area contributed by atoms with Gasteiger partial charge in [-0.15, -0.1) is 0 Å². The molecule has 1 amide bonds. The van der Waals surface area contributed by atoms with E-state index in [0.717, 1.165) is 11.1 Å². The number of nitrogens with one attached hydrogen (secondary N) is 1. The van der Waals surface area contributed by atoms with Crippen LogP contribution in [0.2, 0.25) is 0 Å². The van der Waals surface area contributed by atoms with Crippen molar-refractivity contribution in [1.82, 2.24) is 14.8 Å². The van der Waals surface area contributed by atoms with E-state index in [-0.39, 0.29) is 11.5 Å². The highest BCUT2D eigenvalue weighted by molar-refractivity contribution is 5.93. The van der Waals surface area contributed by atoms with E-state index in [0.29, 0.717) is 11.4 Å². The molecular weight excluding hydrogens is 316 g/mol. The van der Waals surface area contributed by atoms with Crippen LogP contribution in [0.1, 0.15) is 18.5 Å². The summed E-state index contributed by atoms with van der Waals surface area (Å²) in [4.78, 5) is 28.6. The fraction of sp³-hybridized carbons (Fsp3) is 0.158. The number of hydrogen-bond acceptors (Lipinski definition) is 4. The average molecular weight is 334 g/mol. The number of anilines is 1. The molecule has 1 atom stereocenters. The Bertz CT molecular complexity index is 934. The lowest BCUT2D eigenvalue weighted by Gasteiger charge is -2.15. The molecule has 1 aromatic carbocycles. The van der Waals surface area contributed by atoms with E-state index >= 15 is 0 Å². The number of carbonyl (C=O) groups is 1. The number of nitrogens with zero attached hydrogens (tertiary/aromatic N) is 3. The van der Waals surface area contributed by atoms with Crippen LogP contribution in [0.3, 0.4) is 0 Å². The maximum absolute atomic E-state index is 12.5. The first-order chi connectivity index (χ1) is 12.0. The molecular formula is C19H18N4O2. The third-order valence-electron chi connectivity index (χ3n) is 3.87. The van der Waals surface area contributed by atoms with Crippen LogP contribution in [0.5, 0.6) is 0 Å². The minimum Gasteiger partial charge on any atom is -0.324 e. The van der Waals surface area contributed by atoms with Crippen molar-refractivity contribution in [3.8, 4) is 11.3 Å². The van der Waals surface area contributed by atoms with Crippen LogP contribution in [-0.2, 0) is 4.79 Å². The zero-order valence-corrected chi connectivity index (χ0v) is 14.0. The van der Waals surface area contributed by atoms with Crippen LogP contribution in [-0.4, -0.2) is 20.7 Å². The zero-order chi connectivity index (χ0) is 17.8. The Labute approximate surface area is 145 Å². The van der Waals surface area contributed by atoms with Gasteiger partial charge in [-0.25, -0.2) is 4.68 Å². The molecule has 2 heterocycles. The van der Waals surface area contributed by atoms with E-state index in [2.05, 4.69) is 15.4 Å². The Balaban J connectivity index is 1.86. The highest BCUT2D eigenvalue weighted by Crippen LogP contribution is 2.15. The standard InChI is InChI=1S/C19H18N4O2/c1-13-3-5-16(6-4-13)21-19(25)14(2)23-18(24)8-7-17(22-23)15-9-11-20-12-10-15/h3-12,14H,1-2H3,(H,21,25). The summed E-state index contributed by atoms with van der Waals surface area (Å²) in [5, 5.41) is 7.14. The van der Waals surface area contributed by atoms with E-state index in [1.54, 1.807) is 37.5 Å². The molecule has 0 bridgehead atoms. The number of aryl methyl sites for hydroxylation is 1. The summed E-state index contributed by atoms with van der Waals surface area (Å²) in [6.07, 6.45) is 3.31. The van der Waals surface area contributed by atoms with Gasteiger partial charge >= 0.3 is 0 Å². The van der Waals surface area contributed by atoms with Crippen molar-refractivity contribution in [2.45, 2.75) is 19.9 Å². The molecule has 6 heteroatoms. The molecule has 1 N–H and O–H groups in total. The van der Waals surface area contributed by atoms with Gasteiger partial charge < -0.3 is 5.32 Å². The first-order valence-corrected chi connectivity index (χ1v) is 7.92. The molecule has 0 aliphatic heterocycles. The minimum atomic E-state index is -0.740. The van der Waals surface area contributed by atoms with E-state index in [1.807, 2.05) is 31.2 Å². The molecule has 0 aliphatic rings. The lowest BCUT2D eigenvalue weighted by atomic mass is 10.2. The first kappa shape index (κ1) is 16.6. The maximum Gasteiger partial charge on any atom is 0.267 e. The van der Waals surface area contributed by atoms with Crippen LogP contribution < -0.4 is 10.9 Å². The number of carbonyl (C=O) groups excluding carboxylic acids is 1. The smallest absolute Gasteiger partial charge is 0.267 e. The number of rotatable bonds is 4. The molecule has 0 fully saturated rings. The quantitative estimate of drug-likeness (QED) is 0.796. The highest BCUT2D eigenvalue weighted by atomic mass is 16.2. The summed E-state index contributed by atoms with van der Waals surface area (Å²) in [6, 6.07) is 13.4. The van der Waals surface area contributed by atoms with Gasteiger partial charge in [0.2, 0.25) is 5.91 Å². The molecule has 2 aromatic heterocycles. The van der Waals surface area contributed by atoms with E-state index < -0.39 is 6.04 Å². The fourth-order valence-corrected chi connectivity index (χ4v) is 2.37. The monoisotopic (exact) mass is 334 g/mol. The zero-order valence-electron chi connectivity index (χ0n) is 14.0. The Morgan fingerprint density at radius 2 is 1.72 bits per heavy atom. The third-order valence-corrected chi connectivity index (χ3v) is 3.87. The molecule has 0 saturated heterocycles. The van der Waals surface area contributed by atoms with Gasteiger partial charge in [0, 0.05) is 29.7 Å². The van der Waals surface area contributed by atoms with Gasteiger partial charge in [0.25, 0.3) is 5.56 Å². The van der Waals surface area contributed by atoms with Crippen LogP contribution in [0.4, 0.5) is 5.69 Å². The summed E-state index contributed by atoms with van der Waals surface area (Å²) >= 11 is 0. The average Bonchev–Trinajstić information content (AvgIpc) is 2.64. The second kappa shape index (κ2) is 7.09.